The Morgan fingerprint density at radius 1 is 0.889 bits per heavy atom. The largest absolute Gasteiger partial charge is 0.352 e. The van der Waals surface area contributed by atoms with Crippen molar-refractivity contribution < 1.29 is 9.18 Å². The Hall–Kier alpha value is -3.35. The molecule has 0 radical (unpaired) electrons. The van der Waals surface area contributed by atoms with Gasteiger partial charge in [0.15, 0.2) is 5.82 Å². The van der Waals surface area contributed by atoms with Gasteiger partial charge in [0.25, 0.3) is 5.91 Å². The summed E-state index contributed by atoms with van der Waals surface area (Å²) in [5, 5.41) is 8.55. The standard InChI is InChI=1S/C20H18FN5O/c21-16-6-4-15(5-7-16)17-8-9-19(24-23-17)25-11-13-26(14-12-25)20(27)18-3-1-2-10-22-18/h1-10H,11-14H2. The van der Waals surface area contributed by atoms with Gasteiger partial charge < -0.3 is 9.80 Å². The molecule has 1 saturated heterocycles. The Labute approximate surface area is 156 Å². The highest BCUT2D eigenvalue weighted by Gasteiger charge is 2.23. The van der Waals surface area contributed by atoms with E-state index < -0.39 is 0 Å². The van der Waals surface area contributed by atoms with Crippen molar-refractivity contribution in [3.05, 3.63) is 72.3 Å². The molecule has 6 nitrogen and oxygen atoms in total. The minimum Gasteiger partial charge on any atom is -0.352 e. The molecule has 2 aromatic heterocycles. The molecule has 0 spiro atoms. The number of hydrogen-bond acceptors (Lipinski definition) is 5. The maximum absolute atomic E-state index is 13.0. The Bertz CT molecular complexity index is 907. The monoisotopic (exact) mass is 363 g/mol. The summed E-state index contributed by atoms with van der Waals surface area (Å²) in [5.74, 6) is 0.445. The predicted octanol–water partition coefficient (Wildman–Crippen LogP) is 2.64. The number of rotatable bonds is 3. The number of benzene rings is 1. The van der Waals surface area contributed by atoms with Crippen molar-refractivity contribution >= 4 is 11.7 Å². The predicted molar refractivity (Wildman–Crippen MR) is 99.8 cm³/mol. The van der Waals surface area contributed by atoms with Crippen LogP contribution in [0.1, 0.15) is 10.5 Å². The first kappa shape index (κ1) is 17.1. The average Bonchev–Trinajstić information content (AvgIpc) is 2.75. The smallest absolute Gasteiger partial charge is 0.272 e. The van der Waals surface area contributed by atoms with Crippen LogP contribution >= 0.6 is 0 Å². The zero-order chi connectivity index (χ0) is 18.6. The lowest BCUT2D eigenvalue weighted by Crippen LogP contribution is -2.49. The second-order valence-corrected chi connectivity index (χ2v) is 6.28. The number of halogens is 1. The summed E-state index contributed by atoms with van der Waals surface area (Å²) in [6.07, 6.45) is 1.63. The van der Waals surface area contributed by atoms with Crippen LogP contribution in [0.3, 0.4) is 0 Å². The molecule has 0 saturated carbocycles. The molecule has 27 heavy (non-hydrogen) atoms. The van der Waals surface area contributed by atoms with Gasteiger partial charge in [0.2, 0.25) is 0 Å². The molecule has 1 aliphatic heterocycles. The first-order valence-corrected chi connectivity index (χ1v) is 8.75. The van der Waals surface area contributed by atoms with Crippen LogP contribution in [0, 0.1) is 5.82 Å². The average molecular weight is 363 g/mol. The van der Waals surface area contributed by atoms with Gasteiger partial charge in [-0.3, -0.25) is 9.78 Å². The summed E-state index contributed by atoms with van der Waals surface area (Å²) < 4.78 is 13.0. The molecule has 3 aromatic rings. The Morgan fingerprint density at radius 3 is 2.30 bits per heavy atom. The molecule has 7 heteroatoms. The van der Waals surface area contributed by atoms with Gasteiger partial charge in [-0.25, -0.2) is 4.39 Å². The number of hydrogen-bond donors (Lipinski definition) is 0. The number of pyridine rings is 1. The van der Waals surface area contributed by atoms with Gasteiger partial charge >= 0.3 is 0 Å². The normalized spacial score (nSPS) is 14.3. The fraction of sp³-hybridized carbons (Fsp3) is 0.200. The van der Waals surface area contributed by atoms with Crippen molar-refractivity contribution in [3.63, 3.8) is 0 Å². The van der Waals surface area contributed by atoms with Crippen molar-refractivity contribution in [1.29, 1.82) is 0 Å². The molecule has 1 fully saturated rings. The highest BCUT2D eigenvalue weighted by atomic mass is 19.1. The molecule has 1 aliphatic rings. The molecular formula is C20H18FN5O. The van der Waals surface area contributed by atoms with Gasteiger partial charge in [-0.15, -0.1) is 10.2 Å². The van der Waals surface area contributed by atoms with E-state index >= 15 is 0 Å². The zero-order valence-corrected chi connectivity index (χ0v) is 14.6. The molecule has 0 unspecified atom stereocenters. The van der Waals surface area contributed by atoms with Gasteiger partial charge in [0.05, 0.1) is 5.69 Å². The van der Waals surface area contributed by atoms with Crippen LogP contribution < -0.4 is 4.90 Å². The number of amides is 1. The molecule has 0 atom stereocenters. The summed E-state index contributed by atoms with van der Waals surface area (Å²) in [6, 6.07) is 15.3. The summed E-state index contributed by atoms with van der Waals surface area (Å²) in [7, 11) is 0. The summed E-state index contributed by atoms with van der Waals surface area (Å²) in [6.45, 7) is 2.58. The van der Waals surface area contributed by atoms with E-state index in [1.165, 1.54) is 12.1 Å². The van der Waals surface area contributed by atoms with Crippen molar-refractivity contribution in [2.45, 2.75) is 0 Å². The van der Waals surface area contributed by atoms with Crippen LogP contribution in [-0.4, -0.2) is 52.2 Å². The van der Waals surface area contributed by atoms with E-state index in [4.69, 9.17) is 0 Å². The molecule has 4 rings (SSSR count). The lowest BCUT2D eigenvalue weighted by atomic mass is 10.1. The molecular weight excluding hydrogens is 345 g/mol. The lowest BCUT2D eigenvalue weighted by molar-refractivity contribution is 0.0740. The van der Waals surface area contributed by atoms with Crippen LogP contribution in [-0.2, 0) is 0 Å². The molecule has 1 aromatic carbocycles. The van der Waals surface area contributed by atoms with E-state index in [0.29, 0.717) is 37.6 Å². The quantitative estimate of drug-likeness (QED) is 0.716. The van der Waals surface area contributed by atoms with E-state index in [-0.39, 0.29) is 11.7 Å². The number of carbonyl (C=O) groups excluding carboxylic acids is 1. The molecule has 0 bridgehead atoms. The second-order valence-electron chi connectivity index (χ2n) is 6.28. The lowest BCUT2D eigenvalue weighted by Gasteiger charge is -2.35. The van der Waals surface area contributed by atoms with Crippen LogP contribution in [0.2, 0.25) is 0 Å². The third kappa shape index (κ3) is 3.76. The number of carbonyl (C=O) groups is 1. The molecule has 0 aliphatic carbocycles. The minimum atomic E-state index is -0.276. The second kappa shape index (κ2) is 7.49. The summed E-state index contributed by atoms with van der Waals surface area (Å²) >= 11 is 0. The summed E-state index contributed by atoms with van der Waals surface area (Å²) in [5.41, 5.74) is 1.98. The number of piperazine rings is 1. The molecule has 1 amide bonds. The Balaban J connectivity index is 1.39. The third-order valence-electron chi connectivity index (χ3n) is 4.57. The van der Waals surface area contributed by atoms with E-state index in [1.54, 1.807) is 35.4 Å². The fourth-order valence-electron chi connectivity index (χ4n) is 3.06. The maximum Gasteiger partial charge on any atom is 0.272 e. The van der Waals surface area contributed by atoms with Crippen LogP contribution in [0.15, 0.2) is 60.8 Å². The maximum atomic E-state index is 13.0. The molecule has 136 valence electrons. The topological polar surface area (TPSA) is 62.2 Å². The Kier molecular flexibility index (Phi) is 4.74. The van der Waals surface area contributed by atoms with Crippen LogP contribution in [0.4, 0.5) is 10.2 Å². The van der Waals surface area contributed by atoms with E-state index in [2.05, 4.69) is 20.1 Å². The fourth-order valence-corrected chi connectivity index (χ4v) is 3.06. The van der Waals surface area contributed by atoms with E-state index in [1.807, 2.05) is 18.2 Å². The molecule has 3 heterocycles. The van der Waals surface area contributed by atoms with Crippen molar-refractivity contribution in [1.82, 2.24) is 20.1 Å². The SMILES string of the molecule is O=C(c1ccccn1)N1CCN(c2ccc(-c3ccc(F)cc3)nn2)CC1. The zero-order valence-electron chi connectivity index (χ0n) is 14.6. The number of nitrogens with zero attached hydrogens (tertiary/aromatic N) is 5. The molecule has 0 N–H and O–H groups in total. The Morgan fingerprint density at radius 2 is 1.67 bits per heavy atom. The summed E-state index contributed by atoms with van der Waals surface area (Å²) in [4.78, 5) is 20.5. The van der Waals surface area contributed by atoms with E-state index in [0.717, 1.165) is 11.4 Å². The number of aromatic nitrogens is 3. The van der Waals surface area contributed by atoms with Crippen molar-refractivity contribution in [3.8, 4) is 11.3 Å². The van der Waals surface area contributed by atoms with Gasteiger partial charge in [-0.05, 0) is 48.5 Å². The van der Waals surface area contributed by atoms with Gasteiger partial charge in [-0.2, -0.15) is 0 Å². The van der Waals surface area contributed by atoms with E-state index in [9.17, 15) is 9.18 Å². The number of anilines is 1. The highest BCUT2D eigenvalue weighted by molar-refractivity contribution is 5.92. The van der Waals surface area contributed by atoms with Gasteiger partial charge in [0, 0.05) is 37.9 Å². The first-order valence-electron chi connectivity index (χ1n) is 8.75. The third-order valence-corrected chi connectivity index (χ3v) is 4.57. The minimum absolute atomic E-state index is 0.0482. The van der Waals surface area contributed by atoms with Crippen LogP contribution in [0.5, 0.6) is 0 Å². The van der Waals surface area contributed by atoms with Gasteiger partial charge in [-0.1, -0.05) is 6.07 Å². The van der Waals surface area contributed by atoms with Gasteiger partial charge in [0.1, 0.15) is 11.5 Å². The highest BCUT2D eigenvalue weighted by Crippen LogP contribution is 2.20. The van der Waals surface area contributed by atoms with Crippen LogP contribution in [0.25, 0.3) is 11.3 Å². The first-order chi connectivity index (χ1) is 13.2. The van der Waals surface area contributed by atoms with Crippen molar-refractivity contribution in [2.24, 2.45) is 0 Å². The van der Waals surface area contributed by atoms with Crippen molar-refractivity contribution in [2.75, 3.05) is 31.1 Å².